The first kappa shape index (κ1) is 18.3. The molecule has 0 unspecified atom stereocenters. The van der Waals surface area contributed by atoms with Crippen LogP contribution in [0.5, 0.6) is 5.75 Å². The number of carbonyl (C=O) groups is 1. The lowest BCUT2D eigenvalue weighted by atomic mass is 10.1. The van der Waals surface area contributed by atoms with Crippen molar-refractivity contribution in [2.24, 2.45) is 0 Å². The summed E-state index contributed by atoms with van der Waals surface area (Å²) < 4.78 is 5.70. The highest BCUT2D eigenvalue weighted by Crippen LogP contribution is 2.17. The lowest BCUT2D eigenvalue weighted by molar-refractivity contribution is -0.116. The van der Waals surface area contributed by atoms with Crippen LogP contribution in [0.15, 0.2) is 66.8 Å². The van der Waals surface area contributed by atoms with Gasteiger partial charge in [-0.3, -0.25) is 4.79 Å². The van der Waals surface area contributed by atoms with Gasteiger partial charge in [0.05, 0.1) is 0 Å². The highest BCUT2D eigenvalue weighted by molar-refractivity contribution is 6.30. The maximum atomic E-state index is 11.8. The fraction of sp³-hybridized carbons (Fsp3) is 0.100. The second-order valence-electron chi connectivity index (χ2n) is 5.15. The summed E-state index contributed by atoms with van der Waals surface area (Å²) in [5, 5.41) is 12.4. The minimum absolute atomic E-state index is 0.0386. The summed E-state index contributed by atoms with van der Waals surface area (Å²) in [7, 11) is 0. The van der Waals surface area contributed by atoms with Crippen LogP contribution in [0.4, 0.5) is 0 Å². The first-order chi connectivity index (χ1) is 12.1. The zero-order chi connectivity index (χ0) is 18.1. The third kappa shape index (κ3) is 5.83. The highest BCUT2D eigenvalue weighted by atomic mass is 35.5. The van der Waals surface area contributed by atoms with E-state index in [1.54, 1.807) is 30.3 Å². The predicted octanol–water partition coefficient (Wildman–Crippen LogP) is 4.13. The van der Waals surface area contributed by atoms with Crippen molar-refractivity contribution in [3.8, 4) is 11.8 Å². The molecule has 0 spiro atoms. The van der Waals surface area contributed by atoms with Crippen molar-refractivity contribution in [2.45, 2.75) is 6.61 Å². The zero-order valence-corrected chi connectivity index (χ0v) is 14.3. The molecular weight excluding hydrogens is 336 g/mol. The Kier molecular flexibility index (Phi) is 6.82. The molecule has 0 aliphatic heterocycles. The maximum absolute atomic E-state index is 11.8. The molecular formula is C20H17ClN2O2. The Morgan fingerprint density at radius 3 is 2.48 bits per heavy atom. The topological polar surface area (TPSA) is 62.1 Å². The Bertz CT molecular complexity index is 803. The molecule has 1 amide bonds. The molecule has 126 valence electrons. The minimum atomic E-state index is -0.425. The zero-order valence-electron chi connectivity index (χ0n) is 13.5. The van der Waals surface area contributed by atoms with Gasteiger partial charge < -0.3 is 10.1 Å². The van der Waals surface area contributed by atoms with Gasteiger partial charge in [0.1, 0.15) is 24.0 Å². The smallest absolute Gasteiger partial charge is 0.262 e. The van der Waals surface area contributed by atoms with Crippen molar-refractivity contribution >= 4 is 23.6 Å². The number of nitrogens with one attached hydrogen (secondary N) is 1. The molecule has 2 aromatic carbocycles. The number of ether oxygens (including phenoxy) is 1. The number of amides is 1. The molecule has 0 bridgehead atoms. The monoisotopic (exact) mass is 352 g/mol. The minimum Gasteiger partial charge on any atom is -0.489 e. The summed E-state index contributed by atoms with van der Waals surface area (Å²) in [6.07, 6.45) is 3.08. The predicted molar refractivity (Wildman–Crippen MR) is 99.0 cm³/mol. The highest BCUT2D eigenvalue weighted by Gasteiger charge is 2.07. The summed E-state index contributed by atoms with van der Waals surface area (Å²) in [5.41, 5.74) is 1.79. The number of rotatable bonds is 7. The number of carbonyl (C=O) groups excluding carboxylic acids is 1. The van der Waals surface area contributed by atoms with Crippen LogP contribution in [0.3, 0.4) is 0 Å². The SMILES string of the molecule is C=CCNC(=O)/C(C#N)=C/c1ccc(OCc2ccc(Cl)cc2)cc1. The second-order valence-corrected chi connectivity index (χ2v) is 5.59. The number of hydrogen-bond donors (Lipinski definition) is 1. The van der Waals surface area contributed by atoms with E-state index in [1.165, 1.54) is 6.08 Å². The third-order valence-electron chi connectivity index (χ3n) is 3.28. The van der Waals surface area contributed by atoms with Crippen molar-refractivity contribution in [3.05, 3.63) is 82.9 Å². The van der Waals surface area contributed by atoms with Crippen LogP contribution in [0.2, 0.25) is 5.02 Å². The summed E-state index contributed by atoms with van der Waals surface area (Å²) in [5.74, 6) is 0.271. The lowest BCUT2D eigenvalue weighted by Gasteiger charge is -2.07. The summed E-state index contributed by atoms with van der Waals surface area (Å²) in [6, 6.07) is 16.5. The van der Waals surface area contributed by atoms with Crippen LogP contribution in [0.1, 0.15) is 11.1 Å². The van der Waals surface area contributed by atoms with Crippen LogP contribution < -0.4 is 10.1 Å². The Morgan fingerprint density at radius 1 is 1.20 bits per heavy atom. The fourth-order valence-corrected chi connectivity index (χ4v) is 2.11. The second kappa shape index (κ2) is 9.31. The molecule has 2 rings (SSSR count). The number of hydrogen-bond acceptors (Lipinski definition) is 3. The van der Waals surface area contributed by atoms with Crippen LogP contribution in [0.25, 0.3) is 6.08 Å². The van der Waals surface area contributed by atoms with Gasteiger partial charge in [0.2, 0.25) is 0 Å². The van der Waals surface area contributed by atoms with Crippen LogP contribution in [-0.4, -0.2) is 12.5 Å². The van der Waals surface area contributed by atoms with Gasteiger partial charge in [-0.2, -0.15) is 5.26 Å². The van der Waals surface area contributed by atoms with Gasteiger partial charge in [-0.05, 0) is 41.5 Å². The van der Waals surface area contributed by atoms with E-state index in [0.29, 0.717) is 23.9 Å². The number of benzene rings is 2. The first-order valence-electron chi connectivity index (χ1n) is 7.60. The van der Waals surface area contributed by atoms with E-state index < -0.39 is 5.91 Å². The van der Waals surface area contributed by atoms with Gasteiger partial charge in [0, 0.05) is 11.6 Å². The van der Waals surface area contributed by atoms with E-state index in [2.05, 4.69) is 11.9 Å². The molecule has 0 aromatic heterocycles. The molecule has 0 aliphatic carbocycles. The molecule has 0 saturated heterocycles. The Hall–Kier alpha value is -3.03. The largest absolute Gasteiger partial charge is 0.489 e. The molecule has 0 radical (unpaired) electrons. The van der Waals surface area contributed by atoms with Gasteiger partial charge in [-0.15, -0.1) is 6.58 Å². The molecule has 2 aromatic rings. The normalized spacial score (nSPS) is 10.6. The molecule has 4 nitrogen and oxygen atoms in total. The van der Waals surface area contributed by atoms with E-state index in [1.807, 2.05) is 30.3 Å². The molecule has 0 fully saturated rings. The molecule has 25 heavy (non-hydrogen) atoms. The molecule has 1 N–H and O–H groups in total. The van der Waals surface area contributed by atoms with Crippen molar-refractivity contribution in [2.75, 3.05) is 6.54 Å². The number of nitrogens with zero attached hydrogens (tertiary/aromatic N) is 1. The molecule has 0 heterocycles. The lowest BCUT2D eigenvalue weighted by Crippen LogP contribution is -2.24. The van der Waals surface area contributed by atoms with Gasteiger partial charge in [-0.1, -0.05) is 41.9 Å². The van der Waals surface area contributed by atoms with E-state index in [0.717, 1.165) is 11.1 Å². The van der Waals surface area contributed by atoms with Gasteiger partial charge >= 0.3 is 0 Å². The average molecular weight is 353 g/mol. The summed E-state index contributed by atoms with van der Waals surface area (Å²) >= 11 is 5.85. The van der Waals surface area contributed by atoms with Crippen LogP contribution >= 0.6 is 11.6 Å². The first-order valence-corrected chi connectivity index (χ1v) is 7.98. The molecule has 5 heteroatoms. The summed E-state index contributed by atoms with van der Waals surface area (Å²) in [6.45, 7) is 4.26. The average Bonchev–Trinajstić information content (AvgIpc) is 2.64. The molecule has 0 atom stereocenters. The fourth-order valence-electron chi connectivity index (χ4n) is 1.98. The standard InChI is InChI=1S/C20H17ClN2O2/c1-2-11-23-20(24)17(13-22)12-15-5-9-19(10-6-15)25-14-16-3-7-18(21)8-4-16/h2-10,12H,1,11,14H2,(H,23,24)/b17-12+. The number of halogens is 1. The molecule has 0 aliphatic rings. The van der Waals surface area contributed by atoms with Gasteiger partial charge in [0.15, 0.2) is 0 Å². The van der Waals surface area contributed by atoms with E-state index in [4.69, 9.17) is 21.6 Å². The Balaban J connectivity index is 1.99. The Morgan fingerprint density at radius 2 is 1.88 bits per heavy atom. The van der Waals surface area contributed by atoms with Crippen molar-refractivity contribution in [1.82, 2.24) is 5.32 Å². The van der Waals surface area contributed by atoms with Crippen molar-refractivity contribution < 1.29 is 9.53 Å². The quantitative estimate of drug-likeness (QED) is 0.463. The van der Waals surface area contributed by atoms with Gasteiger partial charge in [-0.25, -0.2) is 0 Å². The van der Waals surface area contributed by atoms with Crippen molar-refractivity contribution in [3.63, 3.8) is 0 Å². The van der Waals surface area contributed by atoms with E-state index >= 15 is 0 Å². The Labute approximate surface area is 152 Å². The van der Waals surface area contributed by atoms with Crippen LogP contribution in [0, 0.1) is 11.3 Å². The third-order valence-corrected chi connectivity index (χ3v) is 3.53. The van der Waals surface area contributed by atoms with E-state index in [9.17, 15) is 4.79 Å². The number of nitriles is 1. The van der Waals surface area contributed by atoms with E-state index in [-0.39, 0.29) is 5.57 Å². The maximum Gasteiger partial charge on any atom is 0.262 e. The van der Waals surface area contributed by atoms with Gasteiger partial charge in [0.25, 0.3) is 5.91 Å². The summed E-state index contributed by atoms with van der Waals surface area (Å²) in [4.78, 5) is 11.8. The molecule has 0 saturated carbocycles. The van der Waals surface area contributed by atoms with Crippen LogP contribution in [-0.2, 0) is 11.4 Å². The van der Waals surface area contributed by atoms with Crippen molar-refractivity contribution in [1.29, 1.82) is 5.26 Å².